The zero-order chi connectivity index (χ0) is 9.14. The summed E-state index contributed by atoms with van der Waals surface area (Å²) in [6, 6.07) is 1.39. The summed E-state index contributed by atoms with van der Waals surface area (Å²) in [5, 5.41) is 8.57. The normalized spacial score (nSPS) is 9.00. The van der Waals surface area contributed by atoms with Crippen LogP contribution in [0.5, 0.6) is 0 Å². The van der Waals surface area contributed by atoms with E-state index in [1.54, 1.807) is 0 Å². The van der Waals surface area contributed by atoms with Gasteiger partial charge in [-0.1, -0.05) is 6.92 Å². The van der Waals surface area contributed by atoms with Crippen LogP contribution in [0.15, 0.2) is 17.1 Å². The predicted octanol–water partition coefficient (Wildman–Crippen LogP) is 1.06. The van der Waals surface area contributed by atoms with Gasteiger partial charge in [0.05, 0.1) is 0 Å². The molecular formula is C8H10ClNO3. The molecular weight excluding hydrogens is 194 g/mol. The SMILES string of the molecule is CCc1c[nH]c(=O)c(C(=O)O)c1.Cl. The summed E-state index contributed by atoms with van der Waals surface area (Å²) in [5.41, 5.74) is 0.0565. The number of nitrogens with one attached hydrogen (secondary N) is 1. The summed E-state index contributed by atoms with van der Waals surface area (Å²) in [6.07, 6.45) is 2.23. The predicted molar refractivity (Wildman–Crippen MR) is 50.6 cm³/mol. The Kier molecular flexibility index (Phi) is 4.20. The third-order valence-electron chi connectivity index (χ3n) is 1.60. The summed E-state index contributed by atoms with van der Waals surface area (Å²) < 4.78 is 0. The van der Waals surface area contributed by atoms with Gasteiger partial charge in [-0.25, -0.2) is 4.79 Å². The molecule has 0 aliphatic carbocycles. The molecule has 0 unspecified atom stereocenters. The van der Waals surface area contributed by atoms with Crippen molar-refractivity contribution in [2.24, 2.45) is 0 Å². The molecule has 1 rings (SSSR count). The van der Waals surface area contributed by atoms with E-state index < -0.39 is 11.5 Å². The maximum absolute atomic E-state index is 10.9. The van der Waals surface area contributed by atoms with Crippen LogP contribution in [0.25, 0.3) is 0 Å². The van der Waals surface area contributed by atoms with E-state index in [2.05, 4.69) is 4.98 Å². The number of rotatable bonds is 2. The molecule has 0 aromatic carbocycles. The zero-order valence-corrected chi connectivity index (χ0v) is 7.85. The van der Waals surface area contributed by atoms with E-state index >= 15 is 0 Å². The van der Waals surface area contributed by atoms with Gasteiger partial charge in [-0.05, 0) is 18.1 Å². The number of aromatic nitrogens is 1. The van der Waals surface area contributed by atoms with Crippen LogP contribution in [0.1, 0.15) is 22.8 Å². The van der Waals surface area contributed by atoms with Gasteiger partial charge in [0.25, 0.3) is 5.56 Å². The number of hydrogen-bond donors (Lipinski definition) is 2. The number of carboxylic acids is 1. The number of pyridine rings is 1. The van der Waals surface area contributed by atoms with Crippen molar-refractivity contribution < 1.29 is 9.90 Å². The molecule has 0 aliphatic heterocycles. The van der Waals surface area contributed by atoms with Crippen molar-refractivity contribution in [2.75, 3.05) is 0 Å². The Morgan fingerprint density at radius 2 is 2.23 bits per heavy atom. The molecule has 0 atom stereocenters. The third-order valence-corrected chi connectivity index (χ3v) is 1.60. The highest BCUT2D eigenvalue weighted by Gasteiger charge is 2.07. The first-order valence-electron chi connectivity index (χ1n) is 3.60. The summed E-state index contributed by atoms with van der Waals surface area (Å²) >= 11 is 0. The van der Waals surface area contributed by atoms with Crippen molar-refractivity contribution in [3.05, 3.63) is 33.7 Å². The van der Waals surface area contributed by atoms with Gasteiger partial charge in [-0.3, -0.25) is 4.79 Å². The molecule has 0 spiro atoms. The molecule has 0 aliphatic rings. The number of hydrogen-bond acceptors (Lipinski definition) is 2. The lowest BCUT2D eigenvalue weighted by atomic mass is 10.2. The molecule has 0 saturated heterocycles. The molecule has 5 heteroatoms. The Bertz CT molecular complexity index is 359. The minimum absolute atomic E-state index is 0. The topological polar surface area (TPSA) is 70.2 Å². The van der Waals surface area contributed by atoms with Crippen molar-refractivity contribution in [3.63, 3.8) is 0 Å². The average molecular weight is 204 g/mol. The molecule has 72 valence electrons. The Morgan fingerprint density at radius 3 is 2.69 bits per heavy atom. The highest BCUT2D eigenvalue weighted by atomic mass is 35.5. The van der Waals surface area contributed by atoms with E-state index in [1.165, 1.54) is 12.3 Å². The van der Waals surface area contributed by atoms with Gasteiger partial charge in [0, 0.05) is 6.20 Å². The molecule has 0 saturated carbocycles. The van der Waals surface area contributed by atoms with Gasteiger partial charge in [-0.15, -0.1) is 12.4 Å². The van der Waals surface area contributed by atoms with E-state index in [1.807, 2.05) is 6.92 Å². The maximum atomic E-state index is 10.9. The fourth-order valence-electron chi connectivity index (χ4n) is 0.892. The Morgan fingerprint density at radius 1 is 1.62 bits per heavy atom. The molecule has 4 nitrogen and oxygen atoms in total. The van der Waals surface area contributed by atoms with Crippen molar-refractivity contribution in [1.29, 1.82) is 0 Å². The first-order valence-corrected chi connectivity index (χ1v) is 3.60. The maximum Gasteiger partial charge on any atom is 0.341 e. The van der Waals surface area contributed by atoms with Gasteiger partial charge in [0.15, 0.2) is 0 Å². The second-order valence-corrected chi connectivity index (χ2v) is 2.41. The number of aryl methyl sites for hydroxylation is 1. The van der Waals surface area contributed by atoms with E-state index in [4.69, 9.17) is 5.11 Å². The van der Waals surface area contributed by atoms with Gasteiger partial charge in [0.1, 0.15) is 5.56 Å². The standard InChI is InChI=1S/C8H9NO3.ClH/c1-2-5-3-6(8(11)12)7(10)9-4-5;/h3-4H,2H2,1H3,(H,9,10)(H,11,12);1H. The second-order valence-electron chi connectivity index (χ2n) is 2.41. The fourth-order valence-corrected chi connectivity index (χ4v) is 0.892. The van der Waals surface area contributed by atoms with Crippen LogP contribution in [-0.4, -0.2) is 16.1 Å². The molecule has 0 amide bonds. The summed E-state index contributed by atoms with van der Waals surface area (Å²) in [4.78, 5) is 23.7. The lowest BCUT2D eigenvalue weighted by Crippen LogP contribution is -2.17. The van der Waals surface area contributed by atoms with Crippen LogP contribution < -0.4 is 5.56 Å². The van der Waals surface area contributed by atoms with Crippen LogP contribution in [0.2, 0.25) is 0 Å². The van der Waals surface area contributed by atoms with E-state index in [0.717, 1.165) is 5.56 Å². The number of H-pyrrole nitrogens is 1. The quantitative estimate of drug-likeness (QED) is 0.755. The Balaban J connectivity index is 0.00000144. The molecule has 0 fully saturated rings. The summed E-state index contributed by atoms with van der Waals surface area (Å²) in [7, 11) is 0. The monoisotopic (exact) mass is 203 g/mol. The van der Waals surface area contributed by atoms with Crippen LogP contribution in [0, 0.1) is 0 Å². The number of carbonyl (C=O) groups is 1. The largest absolute Gasteiger partial charge is 0.477 e. The molecule has 1 aromatic heterocycles. The Hall–Kier alpha value is -1.29. The van der Waals surface area contributed by atoms with Gasteiger partial charge >= 0.3 is 5.97 Å². The highest BCUT2D eigenvalue weighted by Crippen LogP contribution is 1.98. The van der Waals surface area contributed by atoms with Crippen molar-refractivity contribution >= 4 is 18.4 Å². The van der Waals surface area contributed by atoms with Crippen molar-refractivity contribution in [3.8, 4) is 0 Å². The third kappa shape index (κ3) is 2.59. The van der Waals surface area contributed by atoms with Gasteiger partial charge < -0.3 is 10.1 Å². The van der Waals surface area contributed by atoms with Gasteiger partial charge in [-0.2, -0.15) is 0 Å². The summed E-state index contributed by atoms with van der Waals surface area (Å²) in [5.74, 6) is -1.19. The molecule has 1 heterocycles. The lowest BCUT2D eigenvalue weighted by Gasteiger charge is -1.96. The minimum Gasteiger partial charge on any atom is -0.477 e. The van der Waals surface area contributed by atoms with Crippen LogP contribution >= 0.6 is 12.4 Å². The van der Waals surface area contributed by atoms with Crippen molar-refractivity contribution in [1.82, 2.24) is 4.98 Å². The van der Waals surface area contributed by atoms with Crippen LogP contribution in [0.3, 0.4) is 0 Å². The second kappa shape index (κ2) is 4.67. The number of aromatic carboxylic acids is 1. The van der Waals surface area contributed by atoms with Crippen molar-refractivity contribution in [2.45, 2.75) is 13.3 Å². The zero-order valence-electron chi connectivity index (χ0n) is 7.03. The Labute approximate surface area is 81.0 Å². The first-order chi connectivity index (χ1) is 5.65. The molecule has 0 radical (unpaired) electrons. The van der Waals surface area contributed by atoms with Crippen LogP contribution in [-0.2, 0) is 6.42 Å². The highest BCUT2D eigenvalue weighted by molar-refractivity contribution is 5.87. The minimum atomic E-state index is -1.19. The lowest BCUT2D eigenvalue weighted by molar-refractivity contribution is 0.0695. The van der Waals surface area contributed by atoms with E-state index in [-0.39, 0.29) is 18.0 Å². The number of carboxylic acid groups (broad SMARTS) is 1. The molecule has 1 aromatic rings. The van der Waals surface area contributed by atoms with Gasteiger partial charge in [0.2, 0.25) is 0 Å². The number of halogens is 1. The molecule has 2 N–H and O–H groups in total. The van der Waals surface area contributed by atoms with Crippen LogP contribution in [0.4, 0.5) is 0 Å². The summed E-state index contributed by atoms with van der Waals surface area (Å²) in [6.45, 7) is 1.89. The van der Waals surface area contributed by atoms with E-state index in [0.29, 0.717) is 6.42 Å². The number of aromatic amines is 1. The smallest absolute Gasteiger partial charge is 0.341 e. The average Bonchev–Trinajstić information content (AvgIpc) is 2.05. The fraction of sp³-hybridized carbons (Fsp3) is 0.250. The first kappa shape index (κ1) is 11.7. The molecule has 0 bridgehead atoms. The van der Waals surface area contributed by atoms with E-state index in [9.17, 15) is 9.59 Å². The molecule has 13 heavy (non-hydrogen) atoms.